The zero-order chi connectivity index (χ0) is 11.7. The molecule has 1 heteroatoms. The van der Waals surface area contributed by atoms with E-state index in [0.29, 0.717) is 5.92 Å². The van der Waals surface area contributed by atoms with Gasteiger partial charge in [0.05, 0.1) is 5.52 Å². The highest BCUT2D eigenvalue weighted by Crippen LogP contribution is 2.25. The first-order valence-corrected chi connectivity index (χ1v) is 5.87. The summed E-state index contributed by atoms with van der Waals surface area (Å²) in [6, 6.07) is 4.48. The van der Waals surface area contributed by atoms with Crippen LogP contribution in [0.3, 0.4) is 0 Å². The maximum Gasteiger partial charge on any atom is 0.0514 e. The third kappa shape index (κ3) is 1.78. The molecule has 0 radical (unpaired) electrons. The molecule has 16 heavy (non-hydrogen) atoms. The summed E-state index contributed by atoms with van der Waals surface area (Å²) in [5.74, 6) is 0.580. The zero-order valence-corrected chi connectivity index (χ0v) is 10.5. The summed E-state index contributed by atoms with van der Waals surface area (Å²) in [7, 11) is 0. The van der Waals surface area contributed by atoms with Gasteiger partial charge in [-0.2, -0.15) is 0 Å². The average Bonchev–Trinajstić information content (AvgIpc) is 2.62. The third-order valence-electron chi connectivity index (χ3n) is 2.97. The van der Waals surface area contributed by atoms with Crippen LogP contribution in [0, 0.1) is 6.92 Å². The highest BCUT2D eigenvalue weighted by atomic mass is 14.9. The van der Waals surface area contributed by atoms with Gasteiger partial charge in [0.2, 0.25) is 0 Å². The van der Waals surface area contributed by atoms with E-state index in [1.54, 1.807) is 0 Å². The maximum atomic E-state index is 2.25. The molecule has 0 atom stereocenters. The van der Waals surface area contributed by atoms with E-state index in [0.717, 1.165) is 0 Å². The summed E-state index contributed by atoms with van der Waals surface area (Å²) < 4.78 is 2.24. The number of fused-ring (bicyclic) bond motifs is 1. The fraction of sp³-hybridized carbons (Fsp3) is 0.333. The molecular formula is C15H19N. The normalized spacial score (nSPS) is 12.1. The summed E-state index contributed by atoms with van der Waals surface area (Å²) in [6.07, 6.45) is 8.56. The van der Waals surface area contributed by atoms with Crippen molar-refractivity contribution in [2.24, 2.45) is 0 Å². The van der Waals surface area contributed by atoms with Crippen molar-refractivity contribution in [3.63, 3.8) is 0 Å². The lowest BCUT2D eigenvalue weighted by Crippen LogP contribution is -1.92. The SMILES string of the molecule is C/C=C\c1cc(C)c2c(C(C)C)ccn2c1. The van der Waals surface area contributed by atoms with Gasteiger partial charge in [0.1, 0.15) is 0 Å². The molecule has 0 N–H and O–H groups in total. The van der Waals surface area contributed by atoms with Gasteiger partial charge in [-0.15, -0.1) is 0 Å². The van der Waals surface area contributed by atoms with Crippen LogP contribution in [0.5, 0.6) is 0 Å². The Morgan fingerprint density at radius 3 is 2.69 bits per heavy atom. The first kappa shape index (κ1) is 11.0. The molecule has 0 aliphatic rings. The fourth-order valence-corrected chi connectivity index (χ4v) is 2.27. The van der Waals surface area contributed by atoms with E-state index in [2.05, 4.69) is 68.8 Å². The first-order valence-electron chi connectivity index (χ1n) is 5.87. The average molecular weight is 213 g/mol. The minimum absolute atomic E-state index is 0.580. The Bertz CT molecular complexity index is 530. The van der Waals surface area contributed by atoms with Crippen LogP contribution in [0.4, 0.5) is 0 Å². The van der Waals surface area contributed by atoms with Crippen molar-refractivity contribution in [1.29, 1.82) is 0 Å². The summed E-state index contributed by atoms with van der Waals surface area (Å²) in [6.45, 7) is 8.73. The van der Waals surface area contributed by atoms with Crippen molar-refractivity contribution >= 4 is 11.6 Å². The smallest absolute Gasteiger partial charge is 0.0514 e. The topological polar surface area (TPSA) is 4.41 Å². The van der Waals surface area contributed by atoms with Gasteiger partial charge in [0, 0.05) is 12.4 Å². The Hall–Kier alpha value is -1.50. The van der Waals surface area contributed by atoms with Crippen LogP contribution in [0.25, 0.3) is 11.6 Å². The Kier molecular flexibility index (Phi) is 2.86. The van der Waals surface area contributed by atoms with Crippen molar-refractivity contribution < 1.29 is 0 Å². The number of aromatic nitrogens is 1. The van der Waals surface area contributed by atoms with E-state index in [4.69, 9.17) is 0 Å². The Labute approximate surface area is 97.4 Å². The van der Waals surface area contributed by atoms with Crippen LogP contribution in [0.1, 0.15) is 43.4 Å². The highest BCUT2D eigenvalue weighted by Gasteiger charge is 2.08. The van der Waals surface area contributed by atoms with Crippen LogP contribution >= 0.6 is 0 Å². The summed E-state index contributed by atoms with van der Waals surface area (Å²) in [5.41, 5.74) is 5.41. The number of aryl methyl sites for hydroxylation is 1. The van der Waals surface area contributed by atoms with Crippen molar-refractivity contribution in [3.05, 3.63) is 47.3 Å². The number of rotatable bonds is 2. The molecule has 0 spiro atoms. The summed E-state index contributed by atoms with van der Waals surface area (Å²) in [5, 5.41) is 0. The molecule has 0 amide bonds. The first-order chi connectivity index (χ1) is 7.63. The largest absolute Gasteiger partial charge is 0.323 e. The second kappa shape index (κ2) is 4.17. The molecule has 84 valence electrons. The van der Waals surface area contributed by atoms with Crippen molar-refractivity contribution in [2.75, 3.05) is 0 Å². The molecule has 1 nitrogen and oxygen atoms in total. The summed E-state index contributed by atoms with van der Waals surface area (Å²) in [4.78, 5) is 0. The third-order valence-corrected chi connectivity index (χ3v) is 2.97. The van der Waals surface area contributed by atoms with Gasteiger partial charge in [0.25, 0.3) is 0 Å². The van der Waals surface area contributed by atoms with Crippen LogP contribution < -0.4 is 0 Å². The van der Waals surface area contributed by atoms with E-state index in [-0.39, 0.29) is 0 Å². The van der Waals surface area contributed by atoms with Crippen LogP contribution in [-0.4, -0.2) is 4.40 Å². The van der Waals surface area contributed by atoms with Crippen LogP contribution in [0.2, 0.25) is 0 Å². The van der Waals surface area contributed by atoms with Gasteiger partial charge >= 0.3 is 0 Å². The van der Waals surface area contributed by atoms with Gasteiger partial charge < -0.3 is 4.40 Å². The van der Waals surface area contributed by atoms with Crippen molar-refractivity contribution in [1.82, 2.24) is 4.40 Å². The molecule has 2 aromatic heterocycles. The molecule has 2 aromatic rings. The molecule has 2 rings (SSSR count). The lowest BCUT2D eigenvalue weighted by Gasteiger charge is -2.08. The quantitative estimate of drug-likeness (QED) is 0.696. The van der Waals surface area contributed by atoms with E-state index in [9.17, 15) is 0 Å². The van der Waals surface area contributed by atoms with Gasteiger partial charge in [-0.25, -0.2) is 0 Å². The minimum Gasteiger partial charge on any atom is -0.323 e. The van der Waals surface area contributed by atoms with E-state index >= 15 is 0 Å². The number of hydrogen-bond donors (Lipinski definition) is 0. The monoisotopic (exact) mass is 213 g/mol. The number of nitrogens with zero attached hydrogens (tertiary/aromatic N) is 1. The highest BCUT2D eigenvalue weighted by molar-refractivity contribution is 5.66. The molecule has 0 saturated carbocycles. The maximum absolute atomic E-state index is 2.25. The van der Waals surface area contributed by atoms with Gasteiger partial charge in [-0.05, 0) is 48.6 Å². The molecular weight excluding hydrogens is 194 g/mol. The molecule has 0 aliphatic heterocycles. The standard InChI is InChI=1S/C15H19N/c1-5-6-13-9-12(4)15-14(11(2)3)7-8-16(15)10-13/h5-11H,1-4H3/b6-5-. The van der Waals surface area contributed by atoms with Gasteiger partial charge in [0.15, 0.2) is 0 Å². The van der Waals surface area contributed by atoms with Crippen molar-refractivity contribution in [2.45, 2.75) is 33.6 Å². The molecule has 0 fully saturated rings. The molecule has 0 saturated heterocycles. The Balaban J connectivity index is 2.68. The summed E-state index contributed by atoms with van der Waals surface area (Å²) >= 11 is 0. The molecule has 0 aromatic carbocycles. The second-order valence-electron chi connectivity index (χ2n) is 4.64. The molecule has 0 aliphatic carbocycles. The van der Waals surface area contributed by atoms with Crippen molar-refractivity contribution in [3.8, 4) is 0 Å². The second-order valence-corrected chi connectivity index (χ2v) is 4.64. The minimum atomic E-state index is 0.580. The van der Waals surface area contributed by atoms with Crippen LogP contribution in [0.15, 0.2) is 30.6 Å². The van der Waals surface area contributed by atoms with Crippen LogP contribution in [-0.2, 0) is 0 Å². The number of pyridine rings is 1. The Morgan fingerprint density at radius 2 is 2.06 bits per heavy atom. The van der Waals surface area contributed by atoms with Gasteiger partial charge in [-0.3, -0.25) is 0 Å². The molecule has 0 unspecified atom stereocenters. The predicted molar refractivity (Wildman–Crippen MR) is 70.9 cm³/mol. The zero-order valence-electron chi connectivity index (χ0n) is 10.5. The lowest BCUT2D eigenvalue weighted by atomic mass is 10.0. The fourth-order valence-electron chi connectivity index (χ4n) is 2.27. The number of hydrogen-bond acceptors (Lipinski definition) is 0. The number of allylic oxidation sites excluding steroid dienone is 1. The van der Waals surface area contributed by atoms with E-state index < -0.39 is 0 Å². The molecule has 2 heterocycles. The predicted octanol–water partition coefficient (Wildman–Crippen LogP) is 4.40. The van der Waals surface area contributed by atoms with E-state index in [1.807, 2.05) is 0 Å². The lowest BCUT2D eigenvalue weighted by molar-refractivity contribution is 0.875. The van der Waals surface area contributed by atoms with Gasteiger partial charge in [-0.1, -0.05) is 26.0 Å². The van der Waals surface area contributed by atoms with E-state index in [1.165, 1.54) is 22.2 Å². The Morgan fingerprint density at radius 1 is 1.31 bits per heavy atom. The molecule has 0 bridgehead atoms.